The maximum absolute atomic E-state index is 12.7. The van der Waals surface area contributed by atoms with Gasteiger partial charge in [0.2, 0.25) is 18.1 Å². The van der Waals surface area contributed by atoms with E-state index in [0.717, 1.165) is 12.1 Å². The number of aliphatic hydroxyl groups excluding tert-OH is 3. The lowest BCUT2D eigenvalue weighted by Crippen LogP contribution is -2.61. The zero-order valence-electron chi connectivity index (χ0n) is 24.2. The number of nitrogens with two attached hydrogens (primary N) is 1. The van der Waals surface area contributed by atoms with Gasteiger partial charge < -0.3 is 66.7 Å². The molecule has 1 aromatic carbocycles. The smallest absolute Gasteiger partial charge is 0.335 e. The van der Waals surface area contributed by atoms with Crippen molar-refractivity contribution in [3.63, 3.8) is 0 Å². The van der Waals surface area contributed by atoms with Crippen LogP contribution in [-0.2, 0) is 33.5 Å². The molecule has 1 aliphatic heterocycles. The number of hydrogen-bond acceptors (Lipinski definition) is 15. The standard InChI is InChI=1S/C26H33N3O17S/c27-10(24(41)42)1-3-15(32)29-11(23(40)28-7-17(35)36)8-47-22-13(31)5-9(12(30)2-4-16(33)34)6-14(22)45-26-20(39)18(37)19(38)21(46-26)25(43)44/h5-6,10-11,18-21,26,31,37-39H,1-4,7-8,27H2,(H,28,40)(H,29,32)(H,33,34)(H,35,36)(H,41,42)(H,43,44)/t10?,11?,18-,19-,20+,21?,26?/m0/s1. The number of thioether (sulfide) groups is 1. The van der Waals surface area contributed by atoms with E-state index in [4.69, 9.17) is 30.5 Å². The monoisotopic (exact) mass is 691 g/mol. The van der Waals surface area contributed by atoms with Crippen molar-refractivity contribution in [1.82, 2.24) is 10.6 Å². The van der Waals surface area contributed by atoms with E-state index in [1.54, 1.807) is 0 Å². The van der Waals surface area contributed by atoms with Crippen molar-refractivity contribution in [3.05, 3.63) is 17.7 Å². The second-order valence-electron chi connectivity index (χ2n) is 10.0. The van der Waals surface area contributed by atoms with Gasteiger partial charge in [-0.1, -0.05) is 0 Å². The van der Waals surface area contributed by atoms with Crippen molar-refractivity contribution < 1.29 is 83.9 Å². The number of aromatic hydroxyl groups is 1. The molecule has 21 heteroatoms. The number of hydrogen-bond donors (Lipinski definition) is 11. The number of amides is 2. The third-order valence-electron chi connectivity index (χ3n) is 6.44. The lowest BCUT2D eigenvalue weighted by Gasteiger charge is -2.38. The molecule has 0 spiro atoms. The Labute approximate surface area is 268 Å². The Morgan fingerprint density at radius 1 is 0.915 bits per heavy atom. The summed E-state index contributed by atoms with van der Waals surface area (Å²) in [5.74, 6) is -10.3. The summed E-state index contributed by atoms with van der Waals surface area (Å²) in [6.45, 7) is -0.859. The van der Waals surface area contributed by atoms with E-state index in [2.05, 4.69) is 5.32 Å². The van der Waals surface area contributed by atoms with Gasteiger partial charge in [0, 0.05) is 24.2 Å². The molecule has 0 aliphatic carbocycles. The predicted octanol–water partition coefficient (Wildman–Crippen LogP) is -3.32. The van der Waals surface area contributed by atoms with Crippen LogP contribution in [-0.4, -0.2) is 137 Å². The van der Waals surface area contributed by atoms with Gasteiger partial charge in [0.05, 0.1) is 11.3 Å². The Kier molecular flexibility index (Phi) is 14.3. The van der Waals surface area contributed by atoms with E-state index in [9.17, 15) is 59.1 Å². The van der Waals surface area contributed by atoms with Gasteiger partial charge in [0.1, 0.15) is 48.4 Å². The number of carboxylic acid groups (broad SMARTS) is 4. The predicted molar refractivity (Wildman–Crippen MR) is 152 cm³/mol. The quantitative estimate of drug-likeness (QED) is 0.0530. The van der Waals surface area contributed by atoms with Crippen LogP contribution in [0, 0.1) is 0 Å². The molecular formula is C26H33N3O17S. The Morgan fingerprint density at radius 3 is 2.15 bits per heavy atom. The fourth-order valence-electron chi connectivity index (χ4n) is 3.93. The minimum absolute atomic E-state index is 0.317. The highest BCUT2D eigenvalue weighted by Gasteiger charge is 2.48. The Balaban J connectivity index is 2.45. The molecule has 0 aromatic heterocycles. The molecule has 1 saturated heterocycles. The average Bonchev–Trinajstić information content (AvgIpc) is 2.99. The number of carboxylic acids is 4. The summed E-state index contributed by atoms with van der Waals surface area (Å²) < 4.78 is 10.6. The van der Waals surface area contributed by atoms with Gasteiger partial charge in [0.25, 0.3) is 0 Å². The molecule has 0 radical (unpaired) electrons. The largest absolute Gasteiger partial charge is 0.507 e. The molecule has 47 heavy (non-hydrogen) atoms. The Bertz CT molecular complexity index is 1370. The van der Waals surface area contributed by atoms with Crippen molar-refractivity contribution in [3.8, 4) is 11.5 Å². The first-order valence-corrected chi connectivity index (χ1v) is 14.5. The van der Waals surface area contributed by atoms with Crippen molar-refractivity contribution in [2.45, 2.75) is 73.4 Å². The molecule has 2 amide bonds. The van der Waals surface area contributed by atoms with E-state index in [1.807, 2.05) is 5.32 Å². The Hall–Kier alpha value is -4.54. The number of phenols is 1. The number of aliphatic carboxylic acids is 4. The number of benzene rings is 1. The maximum atomic E-state index is 12.7. The average molecular weight is 692 g/mol. The number of aliphatic hydroxyl groups is 3. The highest BCUT2D eigenvalue weighted by molar-refractivity contribution is 7.99. The van der Waals surface area contributed by atoms with Gasteiger partial charge >= 0.3 is 23.9 Å². The minimum Gasteiger partial charge on any atom is -0.507 e. The van der Waals surface area contributed by atoms with E-state index >= 15 is 0 Å². The van der Waals surface area contributed by atoms with Crippen molar-refractivity contribution >= 4 is 53.2 Å². The fourth-order valence-corrected chi connectivity index (χ4v) is 4.96. The van der Waals surface area contributed by atoms with Crippen LogP contribution in [0.2, 0.25) is 0 Å². The number of carbonyl (C=O) groups is 7. The molecule has 1 heterocycles. The molecule has 2 rings (SSSR count). The summed E-state index contributed by atoms with van der Waals surface area (Å²) in [5, 5.41) is 81.8. The number of carbonyl (C=O) groups excluding carboxylic acids is 3. The summed E-state index contributed by atoms with van der Waals surface area (Å²) in [7, 11) is 0. The van der Waals surface area contributed by atoms with E-state index in [1.165, 1.54) is 0 Å². The molecule has 1 fully saturated rings. The summed E-state index contributed by atoms with van der Waals surface area (Å²) in [4.78, 5) is 82.0. The summed E-state index contributed by atoms with van der Waals surface area (Å²) in [6, 6.07) is -1.08. The van der Waals surface area contributed by atoms with Gasteiger partial charge in [-0.2, -0.15) is 0 Å². The first-order chi connectivity index (χ1) is 21.9. The molecule has 12 N–H and O–H groups in total. The summed E-state index contributed by atoms with van der Waals surface area (Å²) >= 11 is 0.565. The zero-order chi connectivity index (χ0) is 35.6. The number of ether oxygens (including phenoxy) is 2. The number of phenolic OH excluding ortho intramolecular Hbond substituents is 1. The molecule has 260 valence electrons. The van der Waals surface area contributed by atoms with Gasteiger partial charge in [-0.05, 0) is 18.6 Å². The molecule has 0 bridgehead atoms. The number of Topliss-reactive ketones (excluding diaryl/α,β-unsaturated/α-hetero) is 1. The second kappa shape index (κ2) is 17.4. The molecular weight excluding hydrogens is 658 g/mol. The molecule has 1 aliphatic rings. The van der Waals surface area contributed by atoms with E-state index < -0.39 is 127 Å². The molecule has 1 aromatic rings. The van der Waals surface area contributed by atoms with E-state index in [0.29, 0.717) is 11.8 Å². The molecule has 7 atom stereocenters. The molecule has 0 saturated carbocycles. The first-order valence-electron chi connectivity index (χ1n) is 13.5. The maximum Gasteiger partial charge on any atom is 0.335 e. The molecule has 20 nitrogen and oxygen atoms in total. The number of ketones is 1. The third-order valence-corrected chi connectivity index (χ3v) is 7.64. The highest BCUT2D eigenvalue weighted by Crippen LogP contribution is 2.40. The van der Waals surface area contributed by atoms with Crippen LogP contribution in [0.3, 0.4) is 0 Å². The molecule has 4 unspecified atom stereocenters. The lowest BCUT2D eigenvalue weighted by molar-refractivity contribution is -0.271. The van der Waals surface area contributed by atoms with Gasteiger partial charge in [0.15, 0.2) is 11.9 Å². The van der Waals surface area contributed by atoms with Crippen molar-refractivity contribution in [2.75, 3.05) is 12.3 Å². The summed E-state index contributed by atoms with van der Waals surface area (Å²) in [6.07, 6.45) is -12.3. The highest BCUT2D eigenvalue weighted by atomic mass is 32.2. The van der Waals surface area contributed by atoms with Crippen LogP contribution in [0.25, 0.3) is 0 Å². The lowest BCUT2D eigenvalue weighted by atomic mass is 9.99. The van der Waals surface area contributed by atoms with Crippen LogP contribution in [0.5, 0.6) is 11.5 Å². The van der Waals surface area contributed by atoms with Crippen LogP contribution in [0.1, 0.15) is 36.0 Å². The van der Waals surface area contributed by atoms with Crippen LogP contribution >= 0.6 is 11.8 Å². The summed E-state index contributed by atoms with van der Waals surface area (Å²) in [5.41, 5.74) is 5.07. The van der Waals surface area contributed by atoms with Crippen LogP contribution < -0.4 is 21.1 Å². The minimum atomic E-state index is -2.10. The first kappa shape index (κ1) is 38.6. The normalized spacial score (nSPS) is 21.9. The SMILES string of the molecule is NC(CCC(=O)NC(CSc1c(O)cc(C(=O)CCC(=O)O)cc1OC1OC(C(=O)O)[C@@H](O)[C@H](O)[C@H]1O)C(=O)NCC(=O)O)C(=O)O. The van der Waals surface area contributed by atoms with Crippen molar-refractivity contribution in [1.29, 1.82) is 0 Å². The van der Waals surface area contributed by atoms with Crippen molar-refractivity contribution in [2.24, 2.45) is 5.73 Å². The van der Waals surface area contributed by atoms with Crippen LogP contribution in [0.4, 0.5) is 0 Å². The zero-order valence-corrected chi connectivity index (χ0v) is 25.0. The van der Waals surface area contributed by atoms with Gasteiger partial charge in [-0.3, -0.25) is 28.8 Å². The number of nitrogens with one attached hydrogen (secondary N) is 2. The van der Waals surface area contributed by atoms with Gasteiger partial charge in [-0.15, -0.1) is 11.8 Å². The van der Waals surface area contributed by atoms with Gasteiger partial charge in [-0.25, -0.2) is 4.79 Å². The van der Waals surface area contributed by atoms with E-state index in [-0.39, 0.29) is 16.9 Å². The second-order valence-corrected chi connectivity index (χ2v) is 11.0. The van der Waals surface area contributed by atoms with Crippen LogP contribution in [0.15, 0.2) is 17.0 Å². The third kappa shape index (κ3) is 11.3. The topological polar surface area (TPSA) is 350 Å². The number of rotatable bonds is 18. The Morgan fingerprint density at radius 2 is 1.57 bits per heavy atom. The fraction of sp³-hybridized carbons (Fsp3) is 0.500.